The van der Waals surface area contributed by atoms with Crippen LogP contribution in [0.5, 0.6) is 0 Å². The van der Waals surface area contributed by atoms with Crippen molar-refractivity contribution in [3.05, 3.63) is 17.9 Å². The Morgan fingerprint density at radius 3 is 2.62 bits per heavy atom. The second-order valence-electron chi connectivity index (χ2n) is 3.38. The van der Waals surface area contributed by atoms with Crippen LogP contribution in [0.2, 0.25) is 0 Å². The zero-order valence-corrected chi connectivity index (χ0v) is 9.74. The molecule has 1 aromatic rings. The van der Waals surface area contributed by atoms with Gasteiger partial charge in [0.15, 0.2) is 5.76 Å². The summed E-state index contributed by atoms with van der Waals surface area (Å²) in [6.07, 6.45) is 0.748. The molecule has 0 radical (unpaired) electrons. The van der Waals surface area contributed by atoms with Crippen molar-refractivity contribution in [2.45, 2.75) is 31.4 Å². The van der Waals surface area contributed by atoms with E-state index in [0.717, 1.165) is 12.5 Å². The van der Waals surface area contributed by atoms with Crippen molar-refractivity contribution in [3.8, 4) is 0 Å². The molecule has 0 aliphatic heterocycles. The average Bonchev–Trinajstić information content (AvgIpc) is 2.65. The Morgan fingerprint density at radius 2 is 2.19 bits per heavy atom. The van der Waals surface area contributed by atoms with E-state index >= 15 is 0 Å². The molecule has 2 N–H and O–H groups in total. The third-order valence-corrected chi connectivity index (χ3v) is 2.78. The Labute approximate surface area is 93.4 Å². The largest absolute Gasteiger partial charge is 0.437 e. The summed E-state index contributed by atoms with van der Waals surface area (Å²) in [5.41, 5.74) is 0. The molecule has 1 atom stereocenters. The number of carbonyl (C=O) groups excluding carboxylic acids is 1. The molecule has 1 aromatic heterocycles. The van der Waals surface area contributed by atoms with E-state index in [1.807, 2.05) is 13.8 Å². The van der Waals surface area contributed by atoms with Crippen LogP contribution in [0.3, 0.4) is 0 Å². The van der Waals surface area contributed by atoms with E-state index in [0.29, 0.717) is 0 Å². The maximum absolute atomic E-state index is 11.5. The third kappa shape index (κ3) is 3.07. The van der Waals surface area contributed by atoms with Gasteiger partial charge in [-0.1, -0.05) is 6.92 Å². The van der Waals surface area contributed by atoms with Gasteiger partial charge in [-0.2, -0.15) is 8.42 Å². The Morgan fingerprint density at radius 1 is 1.56 bits per heavy atom. The summed E-state index contributed by atoms with van der Waals surface area (Å²) in [6.45, 7) is 3.71. The number of hydrogen-bond donors (Lipinski definition) is 2. The first-order valence-corrected chi connectivity index (χ1v) is 6.16. The molecule has 0 bridgehead atoms. The number of carbonyl (C=O) groups is 1. The minimum absolute atomic E-state index is 0.0354. The fraction of sp³-hybridized carbons (Fsp3) is 0.444. The summed E-state index contributed by atoms with van der Waals surface area (Å²) in [5.74, 6) is -0.655. The van der Waals surface area contributed by atoms with Crippen LogP contribution in [0.15, 0.2) is 21.6 Å². The first-order chi connectivity index (χ1) is 7.34. The van der Waals surface area contributed by atoms with Gasteiger partial charge in [0.2, 0.25) is 5.09 Å². The van der Waals surface area contributed by atoms with Gasteiger partial charge in [-0.25, -0.2) is 0 Å². The lowest BCUT2D eigenvalue weighted by molar-refractivity contribution is 0.0905. The SMILES string of the molecule is CCC(C)NC(=O)c1ccc(S(=O)(=O)O)o1. The molecule has 7 heteroatoms. The smallest absolute Gasteiger partial charge is 0.328 e. The van der Waals surface area contributed by atoms with Gasteiger partial charge >= 0.3 is 10.1 Å². The lowest BCUT2D eigenvalue weighted by atomic mass is 10.2. The van der Waals surface area contributed by atoms with Gasteiger partial charge in [0.05, 0.1) is 0 Å². The molecular formula is C9H13NO5S. The maximum Gasteiger partial charge on any atom is 0.328 e. The minimum atomic E-state index is -4.40. The van der Waals surface area contributed by atoms with Gasteiger partial charge < -0.3 is 9.73 Å². The highest BCUT2D eigenvalue weighted by molar-refractivity contribution is 7.85. The highest BCUT2D eigenvalue weighted by atomic mass is 32.2. The number of rotatable bonds is 4. The number of furan rings is 1. The first kappa shape index (κ1) is 12.7. The van der Waals surface area contributed by atoms with Crippen LogP contribution in [0.25, 0.3) is 0 Å². The quantitative estimate of drug-likeness (QED) is 0.775. The van der Waals surface area contributed by atoms with Gasteiger partial charge in [-0.3, -0.25) is 9.35 Å². The predicted octanol–water partition coefficient (Wildman–Crippen LogP) is 1.05. The summed E-state index contributed by atoms with van der Waals surface area (Å²) in [7, 11) is -4.40. The molecular weight excluding hydrogens is 234 g/mol. The molecule has 1 amide bonds. The average molecular weight is 247 g/mol. The summed E-state index contributed by atoms with van der Waals surface area (Å²) in [4.78, 5) is 11.5. The Hall–Kier alpha value is -1.34. The fourth-order valence-corrected chi connectivity index (χ4v) is 1.41. The van der Waals surface area contributed by atoms with E-state index in [-0.39, 0.29) is 11.8 Å². The van der Waals surface area contributed by atoms with Gasteiger partial charge in [-0.05, 0) is 25.5 Å². The van der Waals surface area contributed by atoms with Crippen LogP contribution >= 0.6 is 0 Å². The fourth-order valence-electron chi connectivity index (χ4n) is 0.978. The Kier molecular flexibility index (Phi) is 3.71. The molecule has 0 spiro atoms. The van der Waals surface area contributed by atoms with Crippen LogP contribution in [-0.2, 0) is 10.1 Å². The topological polar surface area (TPSA) is 96.6 Å². The van der Waals surface area contributed by atoms with Gasteiger partial charge in [0.1, 0.15) is 0 Å². The van der Waals surface area contributed by atoms with Crippen LogP contribution in [0, 0.1) is 0 Å². The number of nitrogens with one attached hydrogen (secondary N) is 1. The molecule has 1 unspecified atom stereocenters. The molecule has 16 heavy (non-hydrogen) atoms. The van der Waals surface area contributed by atoms with Crippen LogP contribution < -0.4 is 5.32 Å². The molecule has 0 fully saturated rings. The summed E-state index contributed by atoms with van der Waals surface area (Å²) >= 11 is 0. The number of hydrogen-bond acceptors (Lipinski definition) is 4. The molecule has 0 aliphatic carbocycles. The monoisotopic (exact) mass is 247 g/mol. The van der Waals surface area contributed by atoms with Crippen LogP contribution in [-0.4, -0.2) is 24.9 Å². The summed E-state index contributed by atoms with van der Waals surface area (Å²) in [5, 5.41) is 1.96. The van der Waals surface area contributed by atoms with Crippen LogP contribution in [0.1, 0.15) is 30.8 Å². The van der Waals surface area contributed by atoms with Crippen molar-refractivity contribution >= 4 is 16.0 Å². The van der Waals surface area contributed by atoms with Crippen molar-refractivity contribution in [2.75, 3.05) is 0 Å². The standard InChI is InChI=1S/C9H13NO5S/c1-3-6(2)10-9(11)7-4-5-8(15-7)16(12,13)14/h4-6H,3H2,1-2H3,(H,10,11)(H,12,13,14). The molecule has 0 saturated heterocycles. The zero-order chi connectivity index (χ0) is 12.3. The second-order valence-corrected chi connectivity index (χ2v) is 4.73. The van der Waals surface area contributed by atoms with Gasteiger partial charge in [-0.15, -0.1) is 0 Å². The van der Waals surface area contributed by atoms with E-state index in [1.54, 1.807) is 0 Å². The van der Waals surface area contributed by atoms with Crippen molar-refractivity contribution in [3.63, 3.8) is 0 Å². The normalized spacial score (nSPS) is 13.4. The molecule has 90 valence electrons. The second kappa shape index (κ2) is 4.67. The van der Waals surface area contributed by atoms with Crippen molar-refractivity contribution in [2.24, 2.45) is 0 Å². The van der Waals surface area contributed by atoms with Crippen LogP contribution in [0.4, 0.5) is 0 Å². The summed E-state index contributed by atoms with van der Waals surface area (Å²) in [6, 6.07) is 2.19. The molecule has 1 heterocycles. The van der Waals surface area contributed by atoms with E-state index < -0.39 is 21.1 Å². The van der Waals surface area contributed by atoms with E-state index in [4.69, 9.17) is 8.97 Å². The molecule has 0 aliphatic rings. The van der Waals surface area contributed by atoms with E-state index in [2.05, 4.69) is 5.32 Å². The highest BCUT2D eigenvalue weighted by Crippen LogP contribution is 2.13. The third-order valence-electron chi connectivity index (χ3n) is 2.05. The van der Waals surface area contributed by atoms with Gasteiger partial charge in [0, 0.05) is 6.04 Å². The maximum atomic E-state index is 11.5. The lowest BCUT2D eigenvalue weighted by Gasteiger charge is -2.09. The van der Waals surface area contributed by atoms with Crippen molar-refractivity contribution < 1.29 is 22.2 Å². The predicted molar refractivity (Wildman–Crippen MR) is 55.7 cm³/mol. The zero-order valence-electron chi connectivity index (χ0n) is 8.93. The highest BCUT2D eigenvalue weighted by Gasteiger charge is 2.19. The van der Waals surface area contributed by atoms with E-state index in [9.17, 15) is 13.2 Å². The van der Waals surface area contributed by atoms with Crippen molar-refractivity contribution in [1.82, 2.24) is 5.32 Å². The Balaban J connectivity index is 2.83. The van der Waals surface area contributed by atoms with Gasteiger partial charge in [0.25, 0.3) is 5.91 Å². The lowest BCUT2D eigenvalue weighted by Crippen LogP contribution is -2.31. The molecule has 1 rings (SSSR count). The summed E-state index contributed by atoms with van der Waals surface area (Å²) < 4.78 is 34.7. The molecule has 6 nitrogen and oxygen atoms in total. The Bertz CT molecular complexity index is 476. The minimum Gasteiger partial charge on any atom is -0.437 e. The molecule has 0 saturated carbocycles. The van der Waals surface area contributed by atoms with Crippen molar-refractivity contribution in [1.29, 1.82) is 0 Å². The first-order valence-electron chi connectivity index (χ1n) is 4.72. The molecule has 0 aromatic carbocycles. The van der Waals surface area contributed by atoms with E-state index in [1.165, 1.54) is 6.07 Å². The number of amides is 1.